The number of carbonyl (C=O) groups is 4. The van der Waals surface area contributed by atoms with Crippen LogP contribution in [0.4, 0.5) is 5.69 Å². The maximum absolute atomic E-state index is 14.0. The molecule has 6 rings (SSSR count). The Balaban J connectivity index is 1.56. The minimum atomic E-state index is -2.09. The SMILES string of the molecule is Cc1ccc([C@H]2OC3(C(=O)c4ccccc4C3=O)[C@H]3C(=O)N(c4cc(Cl)ccc4C)C(=O)[C@@H]23)cc1. The Labute approximate surface area is 206 Å². The third-order valence-electron chi connectivity index (χ3n) is 7.34. The highest BCUT2D eigenvalue weighted by molar-refractivity contribution is 6.37. The van der Waals surface area contributed by atoms with Gasteiger partial charge in [0.1, 0.15) is 0 Å². The van der Waals surface area contributed by atoms with Crippen LogP contribution >= 0.6 is 11.6 Å². The van der Waals surface area contributed by atoms with Crippen molar-refractivity contribution in [3.8, 4) is 0 Å². The van der Waals surface area contributed by atoms with E-state index in [1.165, 1.54) is 0 Å². The van der Waals surface area contributed by atoms with Crippen LogP contribution < -0.4 is 4.90 Å². The van der Waals surface area contributed by atoms with E-state index in [1.807, 2.05) is 19.1 Å². The van der Waals surface area contributed by atoms with Crippen LogP contribution in [0.1, 0.15) is 43.5 Å². The van der Waals surface area contributed by atoms with Crippen molar-refractivity contribution in [2.45, 2.75) is 25.6 Å². The van der Waals surface area contributed by atoms with Gasteiger partial charge in [-0.25, -0.2) is 4.90 Å². The normalized spacial score (nSPS) is 24.4. The lowest BCUT2D eigenvalue weighted by Gasteiger charge is -2.27. The van der Waals surface area contributed by atoms with Crippen LogP contribution in [-0.4, -0.2) is 29.0 Å². The second kappa shape index (κ2) is 7.44. The fraction of sp³-hybridized carbons (Fsp3) is 0.214. The molecule has 3 atom stereocenters. The van der Waals surface area contributed by atoms with Gasteiger partial charge in [0.05, 0.1) is 23.6 Å². The molecule has 0 radical (unpaired) electrons. The summed E-state index contributed by atoms with van der Waals surface area (Å²) in [5, 5.41) is 0.365. The predicted molar refractivity (Wildman–Crippen MR) is 129 cm³/mol. The van der Waals surface area contributed by atoms with Crippen molar-refractivity contribution in [1.82, 2.24) is 0 Å². The molecule has 0 saturated carbocycles. The molecule has 6 nitrogen and oxygen atoms in total. The first kappa shape index (κ1) is 21.9. The largest absolute Gasteiger partial charge is 0.349 e. The van der Waals surface area contributed by atoms with Gasteiger partial charge in [-0.2, -0.15) is 0 Å². The standard InChI is InChI=1S/C28H20ClNO5/c1-14-7-10-16(11-8-14)23-21-22(27(34)30(26(21)33)20-13-17(29)12-9-15(20)2)28(35-23)24(31)18-5-3-4-6-19(18)25(28)32/h3-13,21-23H,1-2H3/t21-,22-,23-/m1/s1. The third-order valence-corrected chi connectivity index (χ3v) is 7.57. The molecule has 2 heterocycles. The number of fused-ring (bicyclic) bond motifs is 3. The number of benzene rings is 3. The van der Waals surface area contributed by atoms with E-state index in [4.69, 9.17) is 16.3 Å². The summed E-state index contributed by atoms with van der Waals surface area (Å²) in [6, 6.07) is 18.7. The summed E-state index contributed by atoms with van der Waals surface area (Å²) in [4.78, 5) is 56.5. The van der Waals surface area contributed by atoms with Gasteiger partial charge in [-0.1, -0.05) is 71.8 Å². The van der Waals surface area contributed by atoms with Crippen molar-refractivity contribution in [3.05, 3.63) is 99.6 Å². The Morgan fingerprint density at radius 1 is 0.829 bits per heavy atom. The molecular weight excluding hydrogens is 466 g/mol. The fourth-order valence-corrected chi connectivity index (χ4v) is 5.80. The number of hydrogen-bond acceptors (Lipinski definition) is 5. The van der Waals surface area contributed by atoms with Crippen molar-refractivity contribution < 1.29 is 23.9 Å². The van der Waals surface area contributed by atoms with Crippen molar-refractivity contribution in [3.63, 3.8) is 0 Å². The molecule has 2 fully saturated rings. The molecule has 1 aliphatic carbocycles. The molecule has 2 saturated heterocycles. The molecular formula is C28H20ClNO5. The maximum atomic E-state index is 14.0. The number of carbonyl (C=O) groups excluding carboxylic acids is 4. The summed E-state index contributed by atoms with van der Waals surface area (Å²) in [5.41, 5.74) is 0.975. The van der Waals surface area contributed by atoms with E-state index >= 15 is 0 Å². The lowest BCUT2D eigenvalue weighted by atomic mass is 9.77. The van der Waals surface area contributed by atoms with Crippen LogP contribution in [0, 0.1) is 25.7 Å². The highest BCUT2D eigenvalue weighted by Gasteiger charge is 2.74. The summed E-state index contributed by atoms with van der Waals surface area (Å²) in [6.45, 7) is 3.70. The van der Waals surface area contributed by atoms with E-state index in [2.05, 4.69) is 0 Å². The second-order valence-corrected chi connectivity index (χ2v) is 9.77. The molecule has 3 aromatic rings. The summed E-state index contributed by atoms with van der Waals surface area (Å²) >= 11 is 6.20. The zero-order valence-corrected chi connectivity index (χ0v) is 19.7. The number of imide groups is 1. The number of hydrogen-bond donors (Lipinski definition) is 0. The number of ether oxygens (including phenoxy) is 1. The average Bonchev–Trinajstić information content (AvgIpc) is 3.41. The number of amides is 2. The number of nitrogens with zero attached hydrogens (tertiary/aromatic N) is 1. The Hall–Kier alpha value is -3.61. The van der Waals surface area contributed by atoms with Gasteiger partial charge in [0.2, 0.25) is 29.0 Å². The van der Waals surface area contributed by atoms with Crippen LogP contribution in [0.25, 0.3) is 0 Å². The summed E-state index contributed by atoms with van der Waals surface area (Å²) in [7, 11) is 0. The Kier molecular flexibility index (Phi) is 4.66. The van der Waals surface area contributed by atoms with Crippen molar-refractivity contribution in [2.75, 3.05) is 4.90 Å². The summed E-state index contributed by atoms with van der Waals surface area (Å²) in [6.07, 6.45) is -0.941. The number of Topliss-reactive ketones (excluding diaryl/α,β-unsaturated/α-hetero) is 2. The van der Waals surface area contributed by atoms with E-state index < -0.39 is 46.9 Å². The van der Waals surface area contributed by atoms with Gasteiger partial charge in [-0.05, 0) is 37.1 Å². The number of halogens is 1. The van der Waals surface area contributed by atoms with Crippen molar-refractivity contribution in [1.29, 1.82) is 0 Å². The molecule has 3 aliphatic rings. The fourth-order valence-electron chi connectivity index (χ4n) is 5.64. The molecule has 1 spiro atoms. The van der Waals surface area contributed by atoms with Crippen LogP contribution in [-0.2, 0) is 14.3 Å². The molecule has 2 amide bonds. The summed E-state index contributed by atoms with van der Waals surface area (Å²) < 4.78 is 6.30. The first-order chi connectivity index (χ1) is 16.8. The quantitative estimate of drug-likeness (QED) is 0.390. The van der Waals surface area contributed by atoms with Crippen molar-refractivity contribution in [2.24, 2.45) is 11.8 Å². The zero-order chi connectivity index (χ0) is 24.6. The lowest BCUT2D eigenvalue weighted by Crippen LogP contribution is -2.51. The van der Waals surface area contributed by atoms with E-state index in [1.54, 1.807) is 61.5 Å². The van der Waals surface area contributed by atoms with Crippen LogP contribution in [0.3, 0.4) is 0 Å². The van der Waals surface area contributed by atoms with Crippen LogP contribution in [0.15, 0.2) is 66.7 Å². The highest BCUT2D eigenvalue weighted by atomic mass is 35.5. The second-order valence-electron chi connectivity index (χ2n) is 9.33. The maximum Gasteiger partial charge on any atom is 0.241 e. The number of rotatable bonds is 2. The monoisotopic (exact) mass is 485 g/mol. The van der Waals surface area contributed by atoms with Gasteiger partial charge in [0.25, 0.3) is 0 Å². The van der Waals surface area contributed by atoms with Crippen molar-refractivity contribution >= 4 is 40.7 Å². The summed E-state index contributed by atoms with van der Waals surface area (Å²) in [5.74, 6) is -4.61. The predicted octanol–water partition coefficient (Wildman–Crippen LogP) is 4.65. The van der Waals surface area contributed by atoms with E-state index in [-0.39, 0.29) is 11.1 Å². The molecule has 7 heteroatoms. The van der Waals surface area contributed by atoms with Crippen LogP contribution in [0.5, 0.6) is 0 Å². The molecule has 0 unspecified atom stereocenters. The first-order valence-corrected chi connectivity index (χ1v) is 11.7. The topological polar surface area (TPSA) is 80.8 Å². The third kappa shape index (κ3) is 2.81. The smallest absolute Gasteiger partial charge is 0.241 e. The van der Waals surface area contributed by atoms with Crippen LogP contribution in [0.2, 0.25) is 5.02 Å². The number of ketones is 2. The minimum Gasteiger partial charge on any atom is -0.349 e. The Morgan fingerprint density at radius 2 is 1.46 bits per heavy atom. The van der Waals surface area contributed by atoms with Gasteiger partial charge < -0.3 is 4.74 Å². The van der Waals surface area contributed by atoms with E-state index in [9.17, 15) is 19.2 Å². The highest BCUT2D eigenvalue weighted by Crippen LogP contribution is 2.57. The zero-order valence-electron chi connectivity index (χ0n) is 18.9. The Morgan fingerprint density at radius 3 is 2.09 bits per heavy atom. The first-order valence-electron chi connectivity index (χ1n) is 11.3. The van der Waals surface area contributed by atoms with Gasteiger partial charge in [0.15, 0.2) is 0 Å². The minimum absolute atomic E-state index is 0.207. The molecule has 2 aliphatic heterocycles. The Bertz CT molecular complexity index is 1430. The van der Waals surface area contributed by atoms with E-state index in [0.717, 1.165) is 10.5 Å². The average molecular weight is 486 g/mol. The van der Waals surface area contributed by atoms with Gasteiger partial charge in [0, 0.05) is 16.1 Å². The molecule has 3 aromatic carbocycles. The lowest BCUT2D eigenvalue weighted by molar-refractivity contribution is -0.127. The molecule has 0 aromatic heterocycles. The molecule has 174 valence electrons. The molecule has 35 heavy (non-hydrogen) atoms. The molecule has 0 N–H and O–H groups in total. The molecule has 0 bridgehead atoms. The number of anilines is 1. The van der Waals surface area contributed by atoms with Gasteiger partial charge in [-0.3, -0.25) is 19.2 Å². The van der Waals surface area contributed by atoms with Gasteiger partial charge >= 0.3 is 0 Å². The van der Waals surface area contributed by atoms with Gasteiger partial charge in [-0.15, -0.1) is 0 Å². The number of aryl methyl sites for hydroxylation is 2. The van der Waals surface area contributed by atoms with E-state index in [0.29, 0.717) is 21.8 Å².